The van der Waals surface area contributed by atoms with Crippen molar-refractivity contribution in [3.63, 3.8) is 0 Å². The van der Waals surface area contributed by atoms with Crippen molar-refractivity contribution in [1.29, 1.82) is 0 Å². The number of hydrogen-bond acceptors (Lipinski definition) is 4. The first-order chi connectivity index (χ1) is 5.54. The molecule has 1 heterocycles. The number of carboxylic acids is 1. The highest BCUT2D eigenvalue weighted by Gasteiger charge is 2.31. The van der Waals surface area contributed by atoms with E-state index in [-0.39, 0.29) is 21.7 Å². The summed E-state index contributed by atoms with van der Waals surface area (Å²) in [4.78, 5) is 22.4. The third-order valence-corrected chi connectivity index (χ3v) is 2.62. The van der Waals surface area contributed by atoms with Crippen LogP contribution in [0.1, 0.15) is 0 Å². The molecule has 64 valence electrons. The number of carboxylic acid groups (broad SMARTS) is 1. The van der Waals surface area contributed by atoms with Gasteiger partial charge in [-0.3, -0.25) is 9.69 Å². The number of thiocarbonyl (C=S) groups is 1. The van der Waals surface area contributed by atoms with Crippen LogP contribution >= 0.6 is 24.0 Å². The van der Waals surface area contributed by atoms with Gasteiger partial charge in [-0.15, -0.1) is 0 Å². The Labute approximate surface area is 78.2 Å². The van der Waals surface area contributed by atoms with Crippen LogP contribution in [0.3, 0.4) is 0 Å². The fourth-order valence-corrected chi connectivity index (χ4v) is 1.82. The van der Waals surface area contributed by atoms with Gasteiger partial charge in [0.25, 0.3) is 0 Å². The van der Waals surface area contributed by atoms with Crippen molar-refractivity contribution in [3.8, 4) is 0 Å². The van der Waals surface area contributed by atoms with Gasteiger partial charge in [0, 0.05) is 0 Å². The Morgan fingerprint density at radius 1 is 1.75 bits per heavy atom. The van der Waals surface area contributed by atoms with E-state index in [1.165, 1.54) is 0 Å². The summed E-state index contributed by atoms with van der Waals surface area (Å²) in [6, 6.07) is 0. The lowest BCUT2D eigenvalue weighted by Gasteiger charge is -2.12. The molecular formula is C6H5NO3S2. The molecule has 1 amide bonds. The highest BCUT2D eigenvalue weighted by Crippen LogP contribution is 2.22. The lowest BCUT2D eigenvalue weighted by Crippen LogP contribution is -2.30. The molecule has 0 aromatic heterocycles. The van der Waals surface area contributed by atoms with Gasteiger partial charge in [-0.2, -0.15) is 0 Å². The van der Waals surface area contributed by atoms with Gasteiger partial charge < -0.3 is 5.11 Å². The molecule has 6 heteroatoms. The number of carbonyl (C=O) groups excluding carboxylic acids is 1. The van der Waals surface area contributed by atoms with Gasteiger partial charge in [0.15, 0.2) is 0 Å². The van der Waals surface area contributed by atoms with Gasteiger partial charge >= 0.3 is 5.97 Å². The van der Waals surface area contributed by atoms with Gasteiger partial charge in [0.1, 0.15) is 10.0 Å². The average Bonchev–Trinajstić information content (AvgIpc) is 2.30. The Hall–Kier alpha value is -0.880. The molecule has 0 aromatic carbocycles. The van der Waals surface area contributed by atoms with E-state index in [4.69, 9.17) is 17.3 Å². The van der Waals surface area contributed by atoms with Crippen LogP contribution in [0, 0.1) is 0 Å². The summed E-state index contributed by atoms with van der Waals surface area (Å²) < 4.78 is 0.257. The second-order valence-corrected chi connectivity index (χ2v) is 3.64. The molecule has 1 aliphatic rings. The summed E-state index contributed by atoms with van der Waals surface area (Å²) in [7, 11) is 0. The summed E-state index contributed by atoms with van der Waals surface area (Å²) in [5, 5.41) is 8.52. The zero-order valence-electron chi connectivity index (χ0n) is 5.94. The second-order valence-electron chi connectivity index (χ2n) is 2.04. The highest BCUT2D eigenvalue weighted by atomic mass is 32.2. The normalized spacial score (nSPS) is 16.8. The maximum absolute atomic E-state index is 11.0. The summed E-state index contributed by atoms with van der Waals surface area (Å²) in [6.45, 7) is 3.24. The molecule has 0 bridgehead atoms. The van der Waals surface area contributed by atoms with Gasteiger partial charge in [-0.05, 0) is 0 Å². The number of amides is 1. The molecule has 0 unspecified atom stereocenters. The quantitative estimate of drug-likeness (QED) is 0.521. The molecule has 0 saturated carbocycles. The molecular weight excluding hydrogens is 198 g/mol. The molecule has 0 aromatic rings. The predicted molar refractivity (Wildman–Crippen MR) is 48.7 cm³/mol. The Morgan fingerprint density at radius 3 is 2.67 bits per heavy atom. The van der Waals surface area contributed by atoms with E-state index in [0.717, 1.165) is 16.7 Å². The van der Waals surface area contributed by atoms with Gasteiger partial charge in [-0.1, -0.05) is 30.6 Å². The second kappa shape index (κ2) is 3.24. The number of carbonyl (C=O) groups is 2. The molecule has 0 radical (unpaired) electrons. The highest BCUT2D eigenvalue weighted by molar-refractivity contribution is 8.24. The third-order valence-electron chi connectivity index (χ3n) is 1.27. The number of rotatable bonds is 2. The lowest BCUT2D eigenvalue weighted by atomic mass is 10.4. The predicted octanol–water partition coefficient (Wildman–Crippen LogP) is 0.445. The first kappa shape index (κ1) is 9.21. The largest absolute Gasteiger partial charge is 0.477 e. The molecule has 0 aliphatic carbocycles. The summed E-state index contributed by atoms with van der Waals surface area (Å²) in [6.07, 6.45) is 0. The zero-order valence-corrected chi connectivity index (χ0v) is 7.57. The van der Waals surface area contributed by atoms with Crippen LogP contribution < -0.4 is 0 Å². The van der Waals surface area contributed by atoms with Gasteiger partial charge in [0.2, 0.25) is 5.91 Å². The first-order valence-electron chi connectivity index (χ1n) is 2.96. The minimum atomic E-state index is -1.23. The Balaban J connectivity index is 2.87. The van der Waals surface area contributed by atoms with Crippen LogP contribution in [0.15, 0.2) is 12.3 Å². The topological polar surface area (TPSA) is 57.6 Å². The van der Waals surface area contributed by atoms with Crippen molar-refractivity contribution in [2.75, 3.05) is 5.75 Å². The Bertz CT molecular complexity index is 271. The Morgan fingerprint density at radius 2 is 2.33 bits per heavy atom. The molecule has 12 heavy (non-hydrogen) atoms. The van der Waals surface area contributed by atoms with E-state index < -0.39 is 5.97 Å². The van der Waals surface area contributed by atoms with Crippen LogP contribution in [-0.4, -0.2) is 32.0 Å². The maximum atomic E-state index is 11.0. The molecule has 1 fully saturated rings. The van der Waals surface area contributed by atoms with Crippen molar-refractivity contribution >= 4 is 40.2 Å². The van der Waals surface area contributed by atoms with Crippen molar-refractivity contribution in [1.82, 2.24) is 4.90 Å². The number of thioether (sulfide) groups is 1. The fourth-order valence-electron chi connectivity index (χ4n) is 0.711. The summed E-state index contributed by atoms with van der Waals surface area (Å²) in [5.41, 5.74) is -0.282. The third kappa shape index (κ3) is 1.49. The van der Waals surface area contributed by atoms with Crippen molar-refractivity contribution in [3.05, 3.63) is 12.3 Å². The summed E-state index contributed by atoms with van der Waals surface area (Å²) in [5.74, 6) is -1.35. The minimum Gasteiger partial charge on any atom is -0.477 e. The zero-order chi connectivity index (χ0) is 9.30. The monoisotopic (exact) mass is 203 g/mol. The van der Waals surface area contributed by atoms with E-state index >= 15 is 0 Å². The minimum absolute atomic E-state index is 0.200. The van der Waals surface area contributed by atoms with Crippen LogP contribution in [0.25, 0.3) is 0 Å². The van der Waals surface area contributed by atoms with Crippen LogP contribution in [0.4, 0.5) is 0 Å². The molecule has 1 saturated heterocycles. The van der Waals surface area contributed by atoms with Gasteiger partial charge in [0.05, 0.1) is 5.75 Å². The standard InChI is InChI=1S/C6H5NO3S2/c1-3(5(9)10)7-4(8)2-12-6(7)11/h1-2H2,(H,9,10). The van der Waals surface area contributed by atoms with Crippen molar-refractivity contribution in [2.24, 2.45) is 0 Å². The van der Waals surface area contributed by atoms with E-state index in [9.17, 15) is 9.59 Å². The molecule has 1 rings (SSSR count). The molecule has 0 atom stereocenters. The smallest absolute Gasteiger partial charge is 0.352 e. The average molecular weight is 203 g/mol. The van der Waals surface area contributed by atoms with Crippen molar-refractivity contribution in [2.45, 2.75) is 0 Å². The molecule has 1 aliphatic heterocycles. The maximum Gasteiger partial charge on any atom is 0.352 e. The van der Waals surface area contributed by atoms with Crippen LogP contribution in [0.2, 0.25) is 0 Å². The molecule has 0 spiro atoms. The van der Waals surface area contributed by atoms with E-state index in [1.807, 2.05) is 0 Å². The van der Waals surface area contributed by atoms with E-state index in [1.54, 1.807) is 0 Å². The molecule has 4 nitrogen and oxygen atoms in total. The van der Waals surface area contributed by atoms with E-state index in [0.29, 0.717) is 0 Å². The number of nitrogens with zero attached hydrogens (tertiary/aromatic N) is 1. The first-order valence-corrected chi connectivity index (χ1v) is 4.35. The molecule has 1 N–H and O–H groups in total. The van der Waals surface area contributed by atoms with E-state index in [2.05, 4.69) is 6.58 Å². The SMILES string of the molecule is C=C(C(=O)O)N1C(=O)CSC1=S. The van der Waals surface area contributed by atoms with Gasteiger partial charge in [-0.25, -0.2) is 4.79 Å². The van der Waals surface area contributed by atoms with Crippen molar-refractivity contribution < 1.29 is 14.7 Å². The summed E-state index contributed by atoms with van der Waals surface area (Å²) >= 11 is 5.90. The lowest BCUT2D eigenvalue weighted by molar-refractivity contribution is -0.136. The Kier molecular flexibility index (Phi) is 2.49. The van der Waals surface area contributed by atoms with Crippen LogP contribution in [-0.2, 0) is 9.59 Å². The number of hydrogen-bond donors (Lipinski definition) is 1. The van der Waals surface area contributed by atoms with Crippen LogP contribution in [0.5, 0.6) is 0 Å². The fraction of sp³-hybridized carbons (Fsp3) is 0.167. The number of aliphatic carboxylic acids is 1.